The smallest absolute Gasteiger partial charge is 0.276 e. The number of amides is 1. The monoisotopic (exact) mass is 387 g/mol. The SMILES string of the molecule is Cc1cc(C(=O)N2CCC(N3CCC(Oc4ccccc4F)CC3)CC2)no1. The van der Waals surface area contributed by atoms with Crippen molar-refractivity contribution < 1.29 is 18.4 Å². The van der Waals surface area contributed by atoms with Crippen LogP contribution in [0.25, 0.3) is 0 Å². The maximum absolute atomic E-state index is 13.8. The molecule has 1 aromatic heterocycles. The second-order valence-electron chi connectivity index (χ2n) is 7.63. The highest BCUT2D eigenvalue weighted by Crippen LogP contribution is 2.25. The van der Waals surface area contributed by atoms with Gasteiger partial charge in [0.1, 0.15) is 11.9 Å². The van der Waals surface area contributed by atoms with Gasteiger partial charge in [-0.3, -0.25) is 9.69 Å². The van der Waals surface area contributed by atoms with E-state index in [0.29, 0.717) is 23.2 Å². The van der Waals surface area contributed by atoms with Gasteiger partial charge in [0.2, 0.25) is 0 Å². The molecule has 0 bridgehead atoms. The Morgan fingerprint density at radius 1 is 1.14 bits per heavy atom. The summed E-state index contributed by atoms with van der Waals surface area (Å²) in [7, 11) is 0. The minimum atomic E-state index is -0.302. The molecule has 0 saturated carbocycles. The van der Waals surface area contributed by atoms with E-state index in [0.717, 1.165) is 51.9 Å². The first kappa shape index (κ1) is 18.9. The molecule has 1 aromatic carbocycles. The fourth-order valence-electron chi connectivity index (χ4n) is 4.14. The topological polar surface area (TPSA) is 58.8 Å². The molecule has 2 fully saturated rings. The Kier molecular flexibility index (Phi) is 5.62. The lowest BCUT2D eigenvalue weighted by Gasteiger charge is -2.41. The number of likely N-dealkylation sites (tertiary alicyclic amines) is 2. The standard InChI is InChI=1S/C21H26FN3O3/c1-15-14-19(23-28-15)21(26)25-10-6-16(7-11-25)24-12-8-17(9-13-24)27-20-5-3-2-4-18(20)22/h2-5,14,16-17H,6-13H2,1H3. The van der Waals surface area contributed by atoms with Gasteiger partial charge in [0.25, 0.3) is 5.91 Å². The summed E-state index contributed by atoms with van der Waals surface area (Å²) in [5.41, 5.74) is 0.391. The quantitative estimate of drug-likeness (QED) is 0.806. The highest BCUT2D eigenvalue weighted by atomic mass is 19.1. The molecule has 0 aliphatic carbocycles. The van der Waals surface area contributed by atoms with Crippen molar-refractivity contribution in [1.82, 2.24) is 15.0 Å². The van der Waals surface area contributed by atoms with E-state index < -0.39 is 0 Å². The van der Waals surface area contributed by atoms with Crippen LogP contribution in [0, 0.1) is 12.7 Å². The van der Waals surface area contributed by atoms with E-state index in [9.17, 15) is 9.18 Å². The van der Waals surface area contributed by atoms with Gasteiger partial charge in [-0.15, -0.1) is 0 Å². The number of aromatic nitrogens is 1. The van der Waals surface area contributed by atoms with Crippen molar-refractivity contribution in [3.63, 3.8) is 0 Å². The zero-order valence-corrected chi connectivity index (χ0v) is 16.1. The average molecular weight is 387 g/mol. The number of aryl methyl sites for hydroxylation is 1. The van der Waals surface area contributed by atoms with E-state index >= 15 is 0 Å². The molecule has 3 heterocycles. The van der Waals surface area contributed by atoms with Gasteiger partial charge in [0, 0.05) is 38.3 Å². The second kappa shape index (κ2) is 8.31. The van der Waals surface area contributed by atoms with E-state index in [1.165, 1.54) is 6.07 Å². The first-order chi connectivity index (χ1) is 13.6. The van der Waals surface area contributed by atoms with Crippen LogP contribution in [0.15, 0.2) is 34.9 Å². The lowest BCUT2D eigenvalue weighted by molar-refractivity contribution is 0.0412. The molecule has 1 amide bonds. The van der Waals surface area contributed by atoms with E-state index in [2.05, 4.69) is 10.1 Å². The minimum Gasteiger partial charge on any atom is -0.487 e. The van der Waals surface area contributed by atoms with Crippen LogP contribution in [0.2, 0.25) is 0 Å². The predicted molar refractivity (Wildman–Crippen MR) is 102 cm³/mol. The molecular weight excluding hydrogens is 361 g/mol. The number of rotatable bonds is 4. The molecule has 4 rings (SSSR count). The van der Waals surface area contributed by atoms with Gasteiger partial charge in [-0.1, -0.05) is 17.3 Å². The van der Waals surface area contributed by atoms with Crippen molar-refractivity contribution in [2.75, 3.05) is 26.2 Å². The molecule has 2 aliphatic heterocycles. The summed E-state index contributed by atoms with van der Waals surface area (Å²) < 4.78 is 24.6. The number of hydrogen-bond donors (Lipinski definition) is 0. The summed E-state index contributed by atoms with van der Waals surface area (Å²) in [5.74, 6) is 0.645. The third-order valence-electron chi connectivity index (χ3n) is 5.72. The van der Waals surface area contributed by atoms with Crippen LogP contribution in [0.5, 0.6) is 5.75 Å². The molecule has 150 valence electrons. The van der Waals surface area contributed by atoms with Gasteiger partial charge in [-0.25, -0.2) is 4.39 Å². The van der Waals surface area contributed by atoms with E-state index in [1.807, 2.05) is 4.90 Å². The number of nitrogens with zero attached hydrogens (tertiary/aromatic N) is 3. The van der Waals surface area contributed by atoms with Crippen molar-refractivity contribution in [2.45, 2.75) is 44.8 Å². The normalized spacial score (nSPS) is 19.7. The minimum absolute atomic E-state index is 0.0488. The van der Waals surface area contributed by atoms with Crippen molar-refractivity contribution in [3.05, 3.63) is 47.6 Å². The fraction of sp³-hybridized carbons (Fsp3) is 0.524. The number of para-hydroxylation sites is 1. The first-order valence-corrected chi connectivity index (χ1v) is 9.98. The Labute approximate surface area is 164 Å². The number of piperidine rings is 2. The van der Waals surface area contributed by atoms with Crippen LogP contribution in [0.3, 0.4) is 0 Å². The zero-order valence-electron chi connectivity index (χ0n) is 16.1. The summed E-state index contributed by atoms with van der Waals surface area (Å²) in [6.07, 6.45) is 3.77. The van der Waals surface area contributed by atoms with Crippen LogP contribution in [-0.4, -0.2) is 59.2 Å². The molecule has 28 heavy (non-hydrogen) atoms. The number of carbonyl (C=O) groups excluding carboxylic acids is 1. The predicted octanol–water partition coefficient (Wildman–Crippen LogP) is 3.27. The van der Waals surface area contributed by atoms with Gasteiger partial charge in [-0.05, 0) is 44.7 Å². The van der Waals surface area contributed by atoms with E-state index in [1.54, 1.807) is 31.2 Å². The first-order valence-electron chi connectivity index (χ1n) is 9.98. The summed E-state index contributed by atoms with van der Waals surface area (Å²) in [4.78, 5) is 16.8. The molecule has 0 spiro atoms. The van der Waals surface area contributed by atoms with Crippen LogP contribution in [0.4, 0.5) is 4.39 Å². The molecule has 0 atom stereocenters. The molecule has 2 aromatic rings. The molecular formula is C21H26FN3O3. The van der Waals surface area contributed by atoms with E-state index in [4.69, 9.17) is 9.26 Å². The molecule has 0 radical (unpaired) electrons. The van der Waals surface area contributed by atoms with Gasteiger partial charge < -0.3 is 14.2 Å². The lowest BCUT2D eigenvalue weighted by Crippen LogP contribution is -2.50. The van der Waals surface area contributed by atoms with Gasteiger partial charge >= 0.3 is 0 Å². The van der Waals surface area contributed by atoms with Crippen LogP contribution < -0.4 is 4.74 Å². The largest absolute Gasteiger partial charge is 0.487 e. The van der Waals surface area contributed by atoms with Crippen LogP contribution in [0.1, 0.15) is 41.9 Å². The summed E-state index contributed by atoms with van der Waals surface area (Å²) in [6, 6.07) is 8.76. The second-order valence-corrected chi connectivity index (χ2v) is 7.63. The van der Waals surface area contributed by atoms with Crippen LogP contribution >= 0.6 is 0 Å². The number of ether oxygens (including phenoxy) is 1. The summed E-state index contributed by atoms with van der Waals surface area (Å²) in [6.45, 7) is 5.15. The Bertz CT molecular complexity index is 809. The lowest BCUT2D eigenvalue weighted by atomic mass is 9.98. The van der Waals surface area contributed by atoms with Crippen molar-refractivity contribution in [1.29, 1.82) is 0 Å². The highest BCUT2D eigenvalue weighted by molar-refractivity contribution is 5.92. The maximum Gasteiger partial charge on any atom is 0.276 e. The van der Waals surface area contributed by atoms with Gasteiger partial charge in [0.15, 0.2) is 17.3 Å². The molecule has 0 N–H and O–H groups in total. The Morgan fingerprint density at radius 2 is 1.86 bits per heavy atom. The molecule has 2 aliphatic rings. The number of halogens is 1. The Morgan fingerprint density at radius 3 is 2.50 bits per heavy atom. The fourth-order valence-corrected chi connectivity index (χ4v) is 4.14. The number of carbonyl (C=O) groups is 1. The maximum atomic E-state index is 13.8. The van der Waals surface area contributed by atoms with Crippen molar-refractivity contribution >= 4 is 5.91 Å². The third kappa shape index (κ3) is 4.19. The van der Waals surface area contributed by atoms with Gasteiger partial charge in [-0.2, -0.15) is 0 Å². The van der Waals surface area contributed by atoms with Crippen molar-refractivity contribution in [3.8, 4) is 5.75 Å². The summed E-state index contributed by atoms with van der Waals surface area (Å²) >= 11 is 0. The number of benzene rings is 1. The molecule has 6 nitrogen and oxygen atoms in total. The summed E-state index contributed by atoms with van der Waals surface area (Å²) in [5, 5.41) is 3.83. The molecule has 2 saturated heterocycles. The van der Waals surface area contributed by atoms with Gasteiger partial charge in [0.05, 0.1) is 0 Å². The Hall–Kier alpha value is -2.41. The third-order valence-corrected chi connectivity index (χ3v) is 5.72. The van der Waals surface area contributed by atoms with E-state index in [-0.39, 0.29) is 17.8 Å². The Balaban J connectivity index is 1.24. The number of hydrogen-bond acceptors (Lipinski definition) is 5. The van der Waals surface area contributed by atoms with Crippen molar-refractivity contribution in [2.24, 2.45) is 0 Å². The molecule has 7 heteroatoms. The molecule has 0 unspecified atom stereocenters. The highest BCUT2D eigenvalue weighted by Gasteiger charge is 2.31. The zero-order chi connectivity index (χ0) is 19.5. The van der Waals surface area contributed by atoms with Crippen LogP contribution in [-0.2, 0) is 0 Å². The average Bonchev–Trinajstić information content (AvgIpc) is 3.16.